The van der Waals surface area contributed by atoms with E-state index in [1.54, 1.807) is 6.07 Å². The van der Waals surface area contributed by atoms with Gasteiger partial charge in [0.2, 0.25) is 0 Å². The maximum absolute atomic E-state index is 12.7. The van der Waals surface area contributed by atoms with Gasteiger partial charge in [0.15, 0.2) is 5.82 Å². The van der Waals surface area contributed by atoms with E-state index < -0.39 is 10.3 Å². The first-order valence-electron chi connectivity index (χ1n) is 6.88. The molecule has 1 N–H and O–H groups in total. The summed E-state index contributed by atoms with van der Waals surface area (Å²) in [5.74, 6) is 0.443. The van der Waals surface area contributed by atoms with Gasteiger partial charge in [-0.05, 0) is 0 Å². The summed E-state index contributed by atoms with van der Waals surface area (Å²) < 4.78 is 1.28. The Balaban J connectivity index is 2.29. The lowest BCUT2D eigenvalue weighted by Crippen LogP contribution is -2.30. The maximum Gasteiger partial charge on any atom is 0.283 e. The van der Waals surface area contributed by atoms with E-state index in [1.807, 2.05) is 20.8 Å². The van der Waals surface area contributed by atoms with Crippen molar-refractivity contribution in [3.05, 3.63) is 50.4 Å². The van der Waals surface area contributed by atoms with Gasteiger partial charge < -0.3 is 0 Å². The first-order valence-corrected chi connectivity index (χ1v) is 6.88. The molecule has 0 amide bonds. The summed E-state index contributed by atoms with van der Waals surface area (Å²) in [6.45, 7) is 5.58. The van der Waals surface area contributed by atoms with Crippen LogP contribution in [-0.4, -0.2) is 29.7 Å². The van der Waals surface area contributed by atoms with Crippen LogP contribution in [0, 0.1) is 10.1 Å². The second-order valence-electron chi connectivity index (χ2n) is 6.12. The van der Waals surface area contributed by atoms with E-state index >= 15 is 0 Å². The van der Waals surface area contributed by atoms with E-state index in [1.165, 1.54) is 22.6 Å². The minimum absolute atomic E-state index is 0.0789. The van der Waals surface area contributed by atoms with Crippen molar-refractivity contribution in [1.82, 2.24) is 24.8 Å². The molecule has 3 aromatic rings. The zero-order valence-corrected chi connectivity index (χ0v) is 12.8. The molecule has 0 aliphatic rings. The molecule has 118 valence electrons. The molecule has 3 rings (SSSR count). The van der Waals surface area contributed by atoms with Crippen LogP contribution in [0.5, 0.6) is 0 Å². The van der Waals surface area contributed by atoms with E-state index in [0.29, 0.717) is 11.3 Å². The van der Waals surface area contributed by atoms with Gasteiger partial charge in [0.1, 0.15) is 5.69 Å². The molecule has 23 heavy (non-hydrogen) atoms. The minimum Gasteiger partial charge on any atom is -0.267 e. The van der Waals surface area contributed by atoms with Gasteiger partial charge in [0.05, 0.1) is 4.92 Å². The summed E-state index contributed by atoms with van der Waals surface area (Å²) >= 11 is 0. The Morgan fingerprint density at radius 3 is 2.65 bits per heavy atom. The fourth-order valence-electron chi connectivity index (χ4n) is 2.23. The fraction of sp³-hybridized carbons (Fsp3) is 0.286. The Kier molecular flexibility index (Phi) is 3.20. The van der Waals surface area contributed by atoms with E-state index in [4.69, 9.17) is 0 Å². The molecular formula is C14H14N6O3. The summed E-state index contributed by atoms with van der Waals surface area (Å²) in [5.41, 5.74) is -0.173. The molecule has 0 unspecified atom stereocenters. The number of aromatic nitrogens is 5. The van der Waals surface area contributed by atoms with Crippen molar-refractivity contribution in [2.75, 3.05) is 0 Å². The lowest BCUT2D eigenvalue weighted by atomic mass is 9.93. The summed E-state index contributed by atoms with van der Waals surface area (Å²) in [6, 6.07) is 5.92. The van der Waals surface area contributed by atoms with Gasteiger partial charge in [-0.3, -0.25) is 14.9 Å². The van der Waals surface area contributed by atoms with Crippen molar-refractivity contribution < 1.29 is 4.92 Å². The van der Waals surface area contributed by atoms with Crippen molar-refractivity contribution >= 4 is 11.5 Å². The average Bonchev–Trinajstić information content (AvgIpc) is 2.91. The van der Waals surface area contributed by atoms with Crippen molar-refractivity contribution in [3.63, 3.8) is 0 Å². The van der Waals surface area contributed by atoms with Crippen molar-refractivity contribution in [2.45, 2.75) is 26.2 Å². The molecule has 2 heterocycles. The highest BCUT2D eigenvalue weighted by Crippen LogP contribution is 2.22. The Morgan fingerprint density at radius 1 is 1.26 bits per heavy atom. The molecule has 0 aliphatic heterocycles. The zero-order chi connectivity index (χ0) is 16.8. The van der Waals surface area contributed by atoms with Crippen LogP contribution in [0.1, 0.15) is 26.5 Å². The highest BCUT2D eigenvalue weighted by Gasteiger charge is 2.24. The molecule has 0 aliphatic carbocycles. The number of H-pyrrole nitrogens is 1. The number of nitro groups is 1. The molecule has 1 aromatic carbocycles. The van der Waals surface area contributed by atoms with E-state index in [0.717, 1.165) is 0 Å². The van der Waals surface area contributed by atoms with Crippen LogP contribution >= 0.6 is 0 Å². The number of fused-ring (bicyclic) bond motifs is 1. The van der Waals surface area contributed by atoms with Crippen LogP contribution in [0.25, 0.3) is 17.2 Å². The monoisotopic (exact) mass is 314 g/mol. The summed E-state index contributed by atoms with van der Waals surface area (Å²) in [6.07, 6.45) is 0. The number of nitrogens with one attached hydrogen (secondary N) is 1. The average molecular weight is 314 g/mol. The first-order chi connectivity index (χ1) is 10.8. The van der Waals surface area contributed by atoms with Crippen LogP contribution in [0.2, 0.25) is 0 Å². The van der Waals surface area contributed by atoms with E-state index in [2.05, 4.69) is 20.4 Å². The molecule has 9 nitrogen and oxygen atoms in total. The summed E-state index contributed by atoms with van der Waals surface area (Å²) in [5, 5.41) is 25.6. The van der Waals surface area contributed by atoms with Crippen LogP contribution < -0.4 is 5.56 Å². The van der Waals surface area contributed by atoms with Crippen LogP contribution in [0.4, 0.5) is 5.69 Å². The maximum atomic E-state index is 12.7. The zero-order valence-electron chi connectivity index (χ0n) is 12.8. The van der Waals surface area contributed by atoms with E-state index in [-0.39, 0.29) is 22.8 Å². The number of non-ortho nitro benzene ring substituents is 1. The number of benzene rings is 1. The standard InChI is InChI=1S/C14H14N6O3/c1-14(2,3)10-12(21)19-11(16-18-13(19)17-15-10)8-5-4-6-9(7-8)20(22)23/h4-7H,1-3H3,(H,17,18). The highest BCUT2D eigenvalue weighted by molar-refractivity contribution is 5.61. The van der Waals surface area contributed by atoms with Gasteiger partial charge in [-0.1, -0.05) is 32.9 Å². The SMILES string of the molecule is CC(C)(C)c1nnc2[nH]nc(-c3cccc([N+](=O)[O-])c3)n2c1=O. The first kappa shape index (κ1) is 14.8. The lowest BCUT2D eigenvalue weighted by molar-refractivity contribution is -0.384. The molecule has 2 aromatic heterocycles. The van der Waals surface area contributed by atoms with Gasteiger partial charge in [0.25, 0.3) is 17.0 Å². The number of rotatable bonds is 2. The highest BCUT2D eigenvalue weighted by atomic mass is 16.6. The molecular weight excluding hydrogens is 300 g/mol. The van der Waals surface area contributed by atoms with Gasteiger partial charge in [-0.2, -0.15) is 5.10 Å². The van der Waals surface area contributed by atoms with Gasteiger partial charge >= 0.3 is 0 Å². The van der Waals surface area contributed by atoms with Crippen LogP contribution in [-0.2, 0) is 5.41 Å². The number of hydrogen-bond donors (Lipinski definition) is 1. The third-order valence-electron chi connectivity index (χ3n) is 3.36. The Bertz CT molecular complexity index is 967. The second-order valence-corrected chi connectivity index (χ2v) is 6.12. The molecule has 0 saturated carbocycles. The topological polar surface area (TPSA) is 119 Å². The molecule has 0 spiro atoms. The second kappa shape index (κ2) is 4.97. The summed E-state index contributed by atoms with van der Waals surface area (Å²) in [7, 11) is 0. The fourth-order valence-corrected chi connectivity index (χ4v) is 2.23. The predicted octanol–water partition coefficient (Wildman–Crippen LogP) is 1.69. The van der Waals surface area contributed by atoms with Crippen LogP contribution in [0.3, 0.4) is 0 Å². The number of aromatic amines is 1. The normalized spacial score (nSPS) is 11.8. The number of nitrogens with zero attached hydrogens (tertiary/aromatic N) is 5. The molecule has 0 atom stereocenters. The van der Waals surface area contributed by atoms with Crippen molar-refractivity contribution in [2.24, 2.45) is 0 Å². The third kappa shape index (κ3) is 2.45. The quantitative estimate of drug-likeness (QED) is 0.567. The Hall–Kier alpha value is -3.10. The summed E-state index contributed by atoms with van der Waals surface area (Å²) in [4.78, 5) is 23.1. The minimum atomic E-state index is -0.499. The van der Waals surface area contributed by atoms with Crippen molar-refractivity contribution in [1.29, 1.82) is 0 Å². The smallest absolute Gasteiger partial charge is 0.267 e. The third-order valence-corrected chi connectivity index (χ3v) is 3.36. The molecule has 0 radical (unpaired) electrons. The number of hydrogen-bond acceptors (Lipinski definition) is 6. The Morgan fingerprint density at radius 2 is 2.00 bits per heavy atom. The van der Waals surface area contributed by atoms with Gasteiger partial charge in [-0.25, -0.2) is 9.50 Å². The van der Waals surface area contributed by atoms with Gasteiger partial charge in [-0.15, -0.1) is 10.2 Å². The molecule has 9 heteroatoms. The molecule has 0 bridgehead atoms. The van der Waals surface area contributed by atoms with E-state index in [9.17, 15) is 14.9 Å². The Labute approximate surface area is 130 Å². The number of nitro benzene ring substituents is 1. The largest absolute Gasteiger partial charge is 0.283 e. The molecule has 0 fully saturated rings. The predicted molar refractivity (Wildman–Crippen MR) is 82.2 cm³/mol. The van der Waals surface area contributed by atoms with Crippen molar-refractivity contribution in [3.8, 4) is 11.4 Å². The lowest BCUT2D eigenvalue weighted by Gasteiger charge is -2.15. The molecule has 0 saturated heterocycles. The van der Waals surface area contributed by atoms with Crippen LogP contribution in [0.15, 0.2) is 29.1 Å². The van der Waals surface area contributed by atoms with Gasteiger partial charge in [0, 0.05) is 23.1 Å².